The summed E-state index contributed by atoms with van der Waals surface area (Å²) in [6, 6.07) is 0. The Labute approximate surface area is 55.2 Å². The molecule has 0 N–H and O–H groups in total. The fourth-order valence-electron chi connectivity index (χ4n) is 0.353. The third-order valence-electron chi connectivity index (χ3n) is 1.26. The second kappa shape index (κ2) is 3.28. The zero-order chi connectivity index (χ0) is 7.44. The summed E-state index contributed by atoms with van der Waals surface area (Å²) in [6.07, 6.45) is 1.13. The summed E-state index contributed by atoms with van der Waals surface area (Å²) < 4.78 is 0. The Bertz CT molecular complexity index is 134. The zero-order valence-electron chi connectivity index (χ0n) is 5.97. The van der Waals surface area contributed by atoms with Gasteiger partial charge in [0.2, 0.25) is 0 Å². The molecule has 2 heteroatoms. The number of carbonyl (C=O) groups is 1. The van der Waals surface area contributed by atoms with Crippen LogP contribution in [-0.2, 0) is 4.79 Å². The monoisotopic (exact) mass is 127 g/mol. The van der Waals surface area contributed by atoms with Gasteiger partial charge in [-0.2, -0.15) is 0 Å². The molecule has 0 bridgehead atoms. The lowest BCUT2D eigenvalue weighted by Gasteiger charge is -2.03. The largest absolute Gasteiger partial charge is 0.545 e. The highest BCUT2D eigenvalue weighted by molar-refractivity contribution is 5.78. The van der Waals surface area contributed by atoms with Gasteiger partial charge in [0.1, 0.15) is 0 Å². The fraction of sp³-hybridized carbons (Fsp3) is 0.571. The lowest BCUT2D eigenvalue weighted by Crippen LogP contribution is -2.19. The van der Waals surface area contributed by atoms with Crippen molar-refractivity contribution in [2.24, 2.45) is 5.92 Å². The minimum Gasteiger partial charge on any atom is -0.545 e. The lowest BCUT2D eigenvalue weighted by atomic mass is 10.1. The van der Waals surface area contributed by atoms with Crippen LogP contribution in [-0.4, -0.2) is 5.97 Å². The number of rotatable bonds is 2. The smallest absolute Gasteiger partial charge is 0.0642 e. The molecule has 0 aromatic rings. The summed E-state index contributed by atoms with van der Waals surface area (Å²) in [6.45, 7) is 5.66. The van der Waals surface area contributed by atoms with Crippen LogP contribution < -0.4 is 5.11 Å². The maximum Gasteiger partial charge on any atom is 0.0642 e. The maximum absolute atomic E-state index is 9.93. The second-order valence-electron chi connectivity index (χ2n) is 2.36. The van der Waals surface area contributed by atoms with Gasteiger partial charge in [-0.05, 0) is 18.9 Å². The lowest BCUT2D eigenvalue weighted by molar-refractivity contribution is -0.297. The Morgan fingerprint density at radius 3 is 2.11 bits per heavy atom. The average Bonchev–Trinajstić information content (AvgIpc) is 1.63. The molecule has 0 atom stereocenters. The molecular weight excluding hydrogens is 116 g/mol. The van der Waals surface area contributed by atoms with E-state index in [9.17, 15) is 9.90 Å². The van der Waals surface area contributed by atoms with Crippen LogP contribution in [0.1, 0.15) is 20.8 Å². The highest BCUT2D eigenvalue weighted by atomic mass is 16.4. The van der Waals surface area contributed by atoms with Crippen LogP contribution in [0.2, 0.25) is 0 Å². The van der Waals surface area contributed by atoms with Gasteiger partial charge in [-0.25, -0.2) is 0 Å². The van der Waals surface area contributed by atoms with Crippen LogP contribution in [0.4, 0.5) is 0 Å². The van der Waals surface area contributed by atoms with Crippen molar-refractivity contribution >= 4 is 5.97 Å². The molecule has 0 spiro atoms. The molecular formula is C7H11O2-. The number of hydrogen-bond donors (Lipinski definition) is 0. The Kier molecular flexibility index (Phi) is 2.99. The first-order chi connectivity index (χ1) is 4.04. The highest BCUT2D eigenvalue weighted by Gasteiger charge is 1.93. The van der Waals surface area contributed by atoms with Gasteiger partial charge in [0.15, 0.2) is 0 Å². The predicted octanol–water partition coefficient (Wildman–Crippen LogP) is 0.339. The topological polar surface area (TPSA) is 40.1 Å². The summed E-state index contributed by atoms with van der Waals surface area (Å²) in [7, 11) is 0. The van der Waals surface area contributed by atoms with Crippen LogP contribution in [0.25, 0.3) is 0 Å². The molecule has 2 nitrogen and oxygen atoms in total. The van der Waals surface area contributed by atoms with Crippen LogP contribution >= 0.6 is 0 Å². The molecule has 0 unspecified atom stereocenters. The quantitative estimate of drug-likeness (QED) is 0.502. The molecule has 0 saturated heterocycles. The maximum atomic E-state index is 9.93. The molecule has 9 heavy (non-hydrogen) atoms. The molecule has 0 aliphatic rings. The molecule has 0 heterocycles. The summed E-state index contributed by atoms with van der Waals surface area (Å²) in [5.41, 5.74) is 0.843. The molecule has 52 valence electrons. The molecule has 0 aliphatic carbocycles. The average molecular weight is 127 g/mol. The van der Waals surface area contributed by atoms with Crippen molar-refractivity contribution in [2.45, 2.75) is 20.8 Å². The van der Waals surface area contributed by atoms with Crippen molar-refractivity contribution in [2.75, 3.05) is 0 Å². The van der Waals surface area contributed by atoms with Gasteiger partial charge in [-0.3, -0.25) is 0 Å². The molecule has 0 aromatic carbocycles. The predicted molar refractivity (Wildman–Crippen MR) is 33.6 cm³/mol. The van der Waals surface area contributed by atoms with E-state index in [0.29, 0.717) is 5.92 Å². The van der Waals surface area contributed by atoms with Gasteiger partial charge in [-0.15, -0.1) is 0 Å². The summed E-state index contributed by atoms with van der Waals surface area (Å²) in [5.74, 6) is -0.816. The van der Waals surface area contributed by atoms with E-state index in [-0.39, 0.29) is 0 Å². The Hall–Kier alpha value is -0.790. The van der Waals surface area contributed by atoms with Crippen molar-refractivity contribution in [3.05, 3.63) is 11.6 Å². The van der Waals surface area contributed by atoms with E-state index in [1.54, 1.807) is 6.92 Å². The standard InChI is InChI=1S/C7H12O2/c1-5(2)6(3)4-7(8)9/h4-5H,1-3H3,(H,8,9)/p-1/b6-4+. The van der Waals surface area contributed by atoms with Crippen molar-refractivity contribution in [1.82, 2.24) is 0 Å². The highest BCUT2D eigenvalue weighted by Crippen LogP contribution is 2.05. The van der Waals surface area contributed by atoms with Gasteiger partial charge < -0.3 is 9.90 Å². The Morgan fingerprint density at radius 1 is 1.56 bits per heavy atom. The fourth-order valence-corrected chi connectivity index (χ4v) is 0.353. The first-order valence-corrected chi connectivity index (χ1v) is 2.93. The minimum absolute atomic E-state index is 0.294. The molecule has 0 fully saturated rings. The van der Waals surface area contributed by atoms with E-state index < -0.39 is 5.97 Å². The van der Waals surface area contributed by atoms with E-state index in [0.717, 1.165) is 11.6 Å². The number of allylic oxidation sites excluding steroid dienone is 1. The summed E-state index contributed by atoms with van der Waals surface area (Å²) in [5, 5.41) is 9.93. The number of aliphatic carboxylic acids is 1. The Morgan fingerprint density at radius 2 is 2.00 bits per heavy atom. The number of carboxylic acids is 1. The molecule has 0 radical (unpaired) electrons. The van der Waals surface area contributed by atoms with E-state index in [1.165, 1.54) is 0 Å². The zero-order valence-corrected chi connectivity index (χ0v) is 5.97. The van der Waals surface area contributed by atoms with Crippen molar-refractivity contribution in [3.8, 4) is 0 Å². The molecule has 0 aromatic heterocycles. The number of carbonyl (C=O) groups excluding carboxylic acids is 1. The van der Waals surface area contributed by atoms with E-state index >= 15 is 0 Å². The van der Waals surface area contributed by atoms with Crippen molar-refractivity contribution in [3.63, 3.8) is 0 Å². The molecule has 0 saturated carbocycles. The number of carboxylic acid groups (broad SMARTS) is 1. The molecule has 0 aliphatic heterocycles. The summed E-state index contributed by atoms with van der Waals surface area (Å²) in [4.78, 5) is 9.93. The van der Waals surface area contributed by atoms with E-state index in [4.69, 9.17) is 0 Å². The van der Waals surface area contributed by atoms with Gasteiger partial charge in [0.25, 0.3) is 0 Å². The summed E-state index contributed by atoms with van der Waals surface area (Å²) >= 11 is 0. The van der Waals surface area contributed by atoms with Crippen LogP contribution in [0.5, 0.6) is 0 Å². The number of hydrogen-bond acceptors (Lipinski definition) is 2. The third kappa shape index (κ3) is 3.76. The van der Waals surface area contributed by atoms with Gasteiger partial charge in [-0.1, -0.05) is 19.4 Å². The van der Waals surface area contributed by atoms with Crippen LogP contribution in [0.3, 0.4) is 0 Å². The normalized spacial score (nSPS) is 12.2. The van der Waals surface area contributed by atoms with E-state index in [1.807, 2.05) is 13.8 Å². The Balaban J connectivity index is 4.00. The van der Waals surface area contributed by atoms with E-state index in [2.05, 4.69) is 0 Å². The SMILES string of the molecule is C/C(=C\C(=O)[O-])C(C)C. The van der Waals surface area contributed by atoms with Crippen molar-refractivity contribution in [1.29, 1.82) is 0 Å². The van der Waals surface area contributed by atoms with Crippen LogP contribution in [0, 0.1) is 5.92 Å². The molecule has 0 amide bonds. The van der Waals surface area contributed by atoms with Crippen LogP contribution in [0.15, 0.2) is 11.6 Å². The molecule has 0 rings (SSSR count). The first kappa shape index (κ1) is 8.21. The van der Waals surface area contributed by atoms with Crippen molar-refractivity contribution < 1.29 is 9.90 Å². The van der Waals surface area contributed by atoms with Gasteiger partial charge in [0.05, 0.1) is 5.97 Å². The second-order valence-corrected chi connectivity index (χ2v) is 2.36. The minimum atomic E-state index is -1.11. The van der Waals surface area contributed by atoms with Gasteiger partial charge >= 0.3 is 0 Å². The third-order valence-corrected chi connectivity index (χ3v) is 1.26. The first-order valence-electron chi connectivity index (χ1n) is 2.93. The van der Waals surface area contributed by atoms with Gasteiger partial charge in [0, 0.05) is 0 Å².